The Bertz CT molecular complexity index is 1060. The number of ether oxygens (including phenoxy) is 1. The van der Waals surface area contributed by atoms with Gasteiger partial charge in [-0.25, -0.2) is 4.68 Å². The van der Waals surface area contributed by atoms with Crippen molar-refractivity contribution < 1.29 is 4.74 Å². The molecule has 0 saturated carbocycles. The van der Waals surface area contributed by atoms with Gasteiger partial charge < -0.3 is 9.64 Å². The standard InChI is InChI=1S/C26H36N6O/c1-7-33-22-12-10-21(11-13-22)24(25-27-28-29-32(25)26(4,5)6)31-16-14-30(15-17-31)23-18-19(2)8-9-20(23)3/h8-13,18,24H,7,14-17H2,1-6H3/t24-/m1/s1. The molecule has 0 radical (unpaired) electrons. The van der Waals surface area contributed by atoms with E-state index in [4.69, 9.17) is 4.74 Å². The lowest BCUT2D eigenvalue weighted by atomic mass is 10.0. The molecule has 1 aliphatic rings. The maximum absolute atomic E-state index is 5.67. The Morgan fingerprint density at radius 1 is 0.970 bits per heavy atom. The fourth-order valence-electron chi connectivity index (χ4n) is 4.56. The zero-order valence-electron chi connectivity index (χ0n) is 20.7. The van der Waals surface area contributed by atoms with Gasteiger partial charge in [-0.1, -0.05) is 24.3 Å². The van der Waals surface area contributed by atoms with Crippen molar-refractivity contribution in [3.05, 3.63) is 65.0 Å². The molecule has 1 saturated heterocycles. The molecule has 1 atom stereocenters. The van der Waals surface area contributed by atoms with Crippen LogP contribution in [-0.4, -0.2) is 57.9 Å². The van der Waals surface area contributed by atoms with E-state index in [9.17, 15) is 0 Å². The summed E-state index contributed by atoms with van der Waals surface area (Å²) in [5.74, 6) is 1.77. The number of hydrogen-bond acceptors (Lipinski definition) is 6. The van der Waals surface area contributed by atoms with Crippen molar-refractivity contribution in [2.75, 3.05) is 37.7 Å². The molecule has 2 aromatic carbocycles. The molecule has 7 heteroatoms. The number of piperazine rings is 1. The van der Waals surface area contributed by atoms with E-state index in [0.717, 1.165) is 37.8 Å². The predicted molar refractivity (Wildman–Crippen MR) is 132 cm³/mol. The van der Waals surface area contributed by atoms with Crippen LogP contribution in [0.1, 0.15) is 56.3 Å². The normalized spacial score (nSPS) is 16.1. The van der Waals surface area contributed by atoms with Gasteiger partial charge in [0.2, 0.25) is 0 Å². The molecule has 33 heavy (non-hydrogen) atoms. The lowest BCUT2D eigenvalue weighted by Gasteiger charge is -2.41. The highest BCUT2D eigenvalue weighted by atomic mass is 16.5. The van der Waals surface area contributed by atoms with Crippen molar-refractivity contribution in [3.63, 3.8) is 0 Å². The second kappa shape index (κ2) is 9.51. The van der Waals surface area contributed by atoms with Crippen molar-refractivity contribution in [2.24, 2.45) is 0 Å². The van der Waals surface area contributed by atoms with Crippen molar-refractivity contribution in [3.8, 4) is 5.75 Å². The number of anilines is 1. The molecule has 4 rings (SSSR count). The number of tetrazole rings is 1. The lowest BCUT2D eigenvalue weighted by molar-refractivity contribution is 0.191. The van der Waals surface area contributed by atoms with Crippen molar-refractivity contribution in [1.82, 2.24) is 25.1 Å². The summed E-state index contributed by atoms with van der Waals surface area (Å²) in [6.45, 7) is 17.2. The molecule has 0 amide bonds. The Kier molecular flexibility index (Phi) is 6.70. The maximum atomic E-state index is 5.67. The quantitative estimate of drug-likeness (QED) is 0.559. The third-order valence-electron chi connectivity index (χ3n) is 6.27. The van der Waals surface area contributed by atoms with Crippen LogP contribution in [0.5, 0.6) is 5.75 Å². The number of benzene rings is 2. The largest absolute Gasteiger partial charge is 0.494 e. The second-order valence-electron chi connectivity index (χ2n) is 9.84. The molecule has 0 unspecified atom stereocenters. The van der Waals surface area contributed by atoms with Crippen LogP contribution in [0.2, 0.25) is 0 Å². The molecule has 0 bridgehead atoms. The van der Waals surface area contributed by atoms with Crippen LogP contribution in [0.4, 0.5) is 5.69 Å². The highest BCUT2D eigenvalue weighted by Crippen LogP contribution is 2.32. The van der Waals surface area contributed by atoms with Gasteiger partial charge in [-0.2, -0.15) is 0 Å². The first-order valence-corrected chi connectivity index (χ1v) is 11.9. The molecule has 3 aromatic rings. The Morgan fingerprint density at radius 3 is 2.30 bits per heavy atom. The fourth-order valence-corrected chi connectivity index (χ4v) is 4.56. The smallest absolute Gasteiger partial charge is 0.173 e. The van der Waals surface area contributed by atoms with Crippen LogP contribution in [0.3, 0.4) is 0 Å². The number of hydrogen-bond donors (Lipinski definition) is 0. The van der Waals surface area contributed by atoms with Gasteiger partial charge in [0.15, 0.2) is 5.82 Å². The van der Waals surface area contributed by atoms with E-state index in [0.29, 0.717) is 6.61 Å². The van der Waals surface area contributed by atoms with E-state index < -0.39 is 0 Å². The van der Waals surface area contributed by atoms with Crippen LogP contribution in [-0.2, 0) is 5.54 Å². The Labute approximate surface area is 197 Å². The van der Waals surface area contributed by atoms with E-state index in [-0.39, 0.29) is 11.6 Å². The average molecular weight is 449 g/mol. The third-order valence-corrected chi connectivity index (χ3v) is 6.27. The van der Waals surface area contributed by atoms with Crippen LogP contribution in [0.15, 0.2) is 42.5 Å². The van der Waals surface area contributed by atoms with Gasteiger partial charge in [0.1, 0.15) is 5.75 Å². The molecule has 7 nitrogen and oxygen atoms in total. The van der Waals surface area contributed by atoms with Gasteiger partial charge in [-0.05, 0) is 86.9 Å². The highest BCUT2D eigenvalue weighted by molar-refractivity contribution is 5.55. The van der Waals surface area contributed by atoms with Crippen LogP contribution in [0, 0.1) is 13.8 Å². The van der Waals surface area contributed by atoms with E-state index in [1.165, 1.54) is 22.4 Å². The summed E-state index contributed by atoms with van der Waals surface area (Å²) in [5.41, 5.74) is 4.94. The van der Waals surface area contributed by atoms with Gasteiger partial charge >= 0.3 is 0 Å². The minimum atomic E-state index is -0.206. The number of rotatable bonds is 6. The van der Waals surface area contributed by atoms with Gasteiger partial charge in [-0.15, -0.1) is 5.10 Å². The van der Waals surface area contributed by atoms with Gasteiger partial charge in [0.25, 0.3) is 0 Å². The van der Waals surface area contributed by atoms with E-state index in [2.05, 4.69) is 90.3 Å². The minimum absolute atomic E-state index is 0.0179. The summed E-state index contributed by atoms with van der Waals surface area (Å²) in [7, 11) is 0. The fraction of sp³-hybridized carbons (Fsp3) is 0.500. The van der Waals surface area contributed by atoms with Crippen molar-refractivity contribution >= 4 is 5.69 Å². The molecule has 176 valence electrons. The number of aromatic nitrogens is 4. The molecule has 1 aromatic heterocycles. The monoisotopic (exact) mass is 448 g/mol. The third kappa shape index (κ3) is 5.03. The lowest BCUT2D eigenvalue weighted by Crippen LogP contribution is -2.49. The molecule has 0 aliphatic carbocycles. The van der Waals surface area contributed by atoms with Crippen LogP contribution in [0.25, 0.3) is 0 Å². The van der Waals surface area contributed by atoms with Gasteiger partial charge in [0.05, 0.1) is 18.2 Å². The first-order valence-electron chi connectivity index (χ1n) is 11.9. The SMILES string of the molecule is CCOc1ccc([C@H](c2nnnn2C(C)(C)C)N2CCN(c3cc(C)ccc3C)CC2)cc1. The molecule has 2 heterocycles. The average Bonchev–Trinajstić information content (AvgIpc) is 3.28. The molecule has 1 fully saturated rings. The number of nitrogens with zero attached hydrogens (tertiary/aromatic N) is 6. The summed E-state index contributed by atoms with van der Waals surface area (Å²) >= 11 is 0. The molecule has 0 N–H and O–H groups in total. The molecular formula is C26H36N6O. The highest BCUT2D eigenvalue weighted by Gasteiger charge is 2.33. The van der Waals surface area contributed by atoms with E-state index in [1.54, 1.807) is 0 Å². The van der Waals surface area contributed by atoms with Gasteiger partial charge in [0, 0.05) is 31.9 Å². The Hall–Kier alpha value is -2.93. The van der Waals surface area contributed by atoms with E-state index in [1.807, 2.05) is 23.7 Å². The molecule has 1 aliphatic heterocycles. The summed E-state index contributed by atoms with van der Waals surface area (Å²) in [6.07, 6.45) is 0. The van der Waals surface area contributed by atoms with E-state index >= 15 is 0 Å². The Balaban J connectivity index is 1.63. The summed E-state index contributed by atoms with van der Waals surface area (Å²) < 4.78 is 7.64. The number of aryl methyl sites for hydroxylation is 2. The molecular weight excluding hydrogens is 412 g/mol. The Morgan fingerprint density at radius 2 is 1.67 bits per heavy atom. The second-order valence-corrected chi connectivity index (χ2v) is 9.84. The first-order chi connectivity index (χ1) is 15.8. The minimum Gasteiger partial charge on any atom is -0.494 e. The van der Waals surface area contributed by atoms with Crippen LogP contribution < -0.4 is 9.64 Å². The molecule has 0 spiro atoms. The van der Waals surface area contributed by atoms with Crippen molar-refractivity contribution in [2.45, 2.75) is 53.1 Å². The summed E-state index contributed by atoms with van der Waals surface area (Å²) in [5, 5.41) is 12.9. The zero-order valence-corrected chi connectivity index (χ0v) is 20.7. The van der Waals surface area contributed by atoms with Gasteiger partial charge in [-0.3, -0.25) is 4.90 Å². The zero-order chi connectivity index (χ0) is 23.6. The summed E-state index contributed by atoms with van der Waals surface area (Å²) in [6, 6.07) is 15.1. The maximum Gasteiger partial charge on any atom is 0.173 e. The van der Waals surface area contributed by atoms with Crippen LogP contribution >= 0.6 is 0 Å². The first kappa shape index (κ1) is 23.2. The topological polar surface area (TPSA) is 59.3 Å². The van der Waals surface area contributed by atoms with Crippen molar-refractivity contribution in [1.29, 1.82) is 0 Å². The summed E-state index contributed by atoms with van der Waals surface area (Å²) in [4.78, 5) is 5.01. The predicted octanol–water partition coefficient (Wildman–Crippen LogP) is 4.36.